The number of nitrogens with one attached hydrogen (secondary N) is 1. The van der Waals surface area contributed by atoms with Crippen LogP contribution in [0.2, 0.25) is 0 Å². The van der Waals surface area contributed by atoms with E-state index in [1.165, 1.54) is 64.3 Å². The number of ether oxygens (including phenoxy) is 1. The van der Waals surface area contributed by atoms with Crippen molar-refractivity contribution in [3.05, 3.63) is 0 Å². The highest BCUT2D eigenvalue weighted by molar-refractivity contribution is 8.00. The first kappa shape index (κ1) is 13.3. The molecule has 0 aromatic rings. The fraction of sp³-hybridized carbons (Fsp3) is 1.00. The second-order valence-corrected chi connectivity index (χ2v) is 7.81. The van der Waals surface area contributed by atoms with Crippen molar-refractivity contribution < 1.29 is 4.74 Å². The molecule has 3 fully saturated rings. The first-order valence-corrected chi connectivity index (χ1v) is 8.92. The second-order valence-electron chi connectivity index (χ2n) is 6.54. The lowest BCUT2D eigenvalue weighted by molar-refractivity contribution is -0.0353. The van der Waals surface area contributed by atoms with Crippen molar-refractivity contribution in [1.82, 2.24) is 5.32 Å². The summed E-state index contributed by atoms with van der Waals surface area (Å²) in [6.45, 7) is 2.26. The zero-order valence-corrected chi connectivity index (χ0v) is 12.5. The first-order valence-electron chi connectivity index (χ1n) is 7.70. The third-order valence-corrected chi connectivity index (χ3v) is 6.79. The van der Waals surface area contributed by atoms with Gasteiger partial charge in [-0.05, 0) is 44.8 Å². The molecular formula is C15H27NOS. The topological polar surface area (TPSA) is 21.3 Å². The van der Waals surface area contributed by atoms with Gasteiger partial charge < -0.3 is 10.1 Å². The van der Waals surface area contributed by atoms with Crippen molar-refractivity contribution in [2.75, 3.05) is 19.3 Å². The van der Waals surface area contributed by atoms with Crippen molar-refractivity contribution >= 4 is 11.8 Å². The van der Waals surface area contributed by atoms with E-state index in [0.717, 1.165) is 6.54 Å². The molecule has 0 aromatic carbocycles. The molecule has 0 aromatic heterocycles. The average Bonchev–Trinajstić information content (AvgIpc) is 2.94. The van der Waals surface area contributed by atoms with E-state index in [2.05, 4.69) is 23.3 Å². The van der Waals surface area contributed by atoms with Gasteiger partial charge in [-0.1, -0.05) is 19.3 Å². The van der Waals surface area contributed by atoms with Gasteiger partial charge in [0.05, 0.1) is 11.7 Å². The van der Waals surface area contributed by atoms with Crippen LogP contribution in [0.1, 0.15) is 57.8 Å². The summed E-state index contributed by atoms with van der Waals surface area (Å²) in [6, 6.07) is 0. The second kappa shape index (κ2) is 5.34. The monoisotopic (exact) mass is 269 g/mol. The van der Waals surface area contributed by atoms with E-state index in [-0.39, 0.29) is 0 Å². The van der Waals surface area contributed by atoms with E-state index in [0.29, 0.717) is 16.5 Å². The SMILES string of the molecule is CSC1(CNCC2CCC3(CCCC3)O2)CCC1. The summed E-state index contributed by atoms with van der Waals surface area (Å²) in [5.41, 5.74) is 0.306. The molecule has 1 unspecified atom stereocenters. The lowest BCUT2D eigenvalue weighted by Gasteiger charge is -2.40. The van der Waals surface area contributed by atoms with Gasteiger partial charge in [-0.3, -0.25) is 0 Å². The summed E-state index contributed by atoms with van der Waals surface area (Å²) in [6.07, 6.45) is 15.0. The Bertz CT molecular complexity index is 279. The minimum Gasteiger partial charge on any atom is -0.370 e. The Morgan fingerprint density at radius 1 is 1.11 bits per heavy atom. The summed E-state index contributed by atoms with van der Waals surface area (Å²) in [4.78, 5) is 0. The number of thioether (sulfide) groups is 1. The Morgan fingerprint density at radius 3 is 2.50 bits per heavy atom. The van der Waals surface area contributed by atoms with Crippen molar-refractivity contribution in [1.29, 1.82) is 0 Å². The van der Waals surface area contributed by atoms with Gasteiger partial charge in [0.25, 0.3) is 0 Å². The van der Waals surface area contributed by atoms with Gasteiger partial charge in [0.2, 0.25) is 0 Å². The summed E-state index contributed by atoms with van der Waals surface area (Å²) < 4.78 is 6.90. The average molecular weight is 269 g/mol. The predicted molar refractivity (Wildman–Crippen MR) is 78.3 cm³/mol. The summed E-state index contributed by atoms with van der Waals surface area (Å²) in [5.74, 6) is 0. The molecule has 0 bridgehead atoms. The molecule has 2 aliphatic carbocycles. The van der Waals surface area contributed by atoms with E-state index in [1.807, 2.05) is 0 Å². The van der Waals surface area contributed by atoms with Gasteiger partial charge in [0.1, 0.15) is 0 Å². The largest absolute Gasteiger partial charge is 0.370 e. The molecule has 1 N–H and O–H groups in total. The standard InChI is InChI=1S/C15H27NOS/c1-18-15(8-4-9-15)12-16-11-13-5-10-14(17-13)6-2-3-7-14/h13,16H,2-12H2,1H3. The highest BCUT2D eigenvalue weighted by atomic mass is 32.2. The van der Waals surface area contributed by atoms with Crippen LogP contribution in [0.4, 0.5) is 0 Å². The summed E-state index contributed by atoms with van der Waals surface area (Å²) in [5, 5.41) is 3.68. The van der Waals surface area contributed by atoms with Gasteiger partial charge in [0, 0.05) is 17.8 Å². The predicted octanol–water partition coefficient (Wildman–Crippen LogP) is 3.35. The molecule has 3 aliphatic rings. The Balaban J connectivity index is 1.39. The van der Waals surface area contributed by atoms with Crippen molar-refractivity contribution in [3.8, 4) is 0 Å². The molecule has 0 amide bonds. The molecule has 104 valence electrons. The molecule has 1 aliphatic heterocycles. The van der Waals surface area contributed by atoms with Crippen LogP contribution in [0.15, 0.2) is 0 Å². The van der Waals surface area contributed by atoms with Crippen LogP contribution in [0.5, 0.6) is 0 Å². The van der Waals surface area contributed by atoms with Crippen molar-refractivity contribution in [3.63, 3.8) is 0 Å². The minimum atomic E-state index is 0.306. The summed E-state index contributed by atoms with van der Waals surface area (Å²) in [7, 11) is 0. The Hall–Kier alpha value is 0.270. The summed E-state index contributed by atoms with van der Waals surface area (Å²) >= 11 is 2.06. The quantitative estimate of drug-likeness (QED) is 0.827. The van der Waals surface area contributed by atoms with Crippen LogP contribution in [0.25, 0.3) is 0 Å². The molecular weight excluding hydrogens is 242 g/mol. The Morgan fingerprint density at radius 2 is 1.89 bits per heavy atom. The zero-order valence-electron chi connectivity index (χ0n) is 11.7. The molecule has 18 heavy (non-hydrogen) atoms. The molecule has 2 nitrogen and oxygen atoms in total. The fourth-order valence-electron chi connectivity index (χ4n) is 3.91. The lowest BCUT2D eigenvalue weighted by Crippen LogP contribution is -2.45. The van der Waals surface area contributed by atoms with Crippen LogP contribution in [-0.2, 0) is 4.74 Å². The maximum absolute atomic E-state index is 6.34. The van der Waals surface area contributed by atoms with Gasteiger partial charge in [-0.2, -0.15) is 11.8 Å². The maximum Gasteiger partial charge on any atom is 0.0708 e. The van der Waals surface area contributed by atoms with Gasteiger partial charge in [0.15, 0.2) is 0 Å². The van der Waals surface area contributed by atoms with E-state index < -0.39 is 0 Å². The molecule has 1 spiro atoms. The number of hydrogen-bond acceptors (Lipinski definition) is 3. The van der Waals surface area contributed by atoms with E-state index in [1.54, 1.807) is 0 Å². The molecule has 1 saturated heterocycles. The zero-order chi connectivity index (χ0) is 12.5. The van der Waals surface area contributed by atoms with Crippen LogP contribution in [-0.4, -0.2) is 35.8 Å². The van der Waals surface area contributed by atoms with Crippen LogP contribution in [0, 0.1) is 0 Å². The third kappa shape index (κ3) is 2.59. The maximum atomic E-state index is 6.34. The molecule has 3 heteroatoms. The highest BCUT2D eigenvalue weighted by Gasteiger charge is 2.42. The van der Waals surface area contributed by atoms with E-state index >= 15 is 0 Å². The van der Waals surface area contributed by atoms with Crippen LogP contribution >= 0.6 is 11.8 Å². The van der Waals surface area contributed by atoms with Gasteiger partial charge >= 0.3 is 0 Å². The molecule has 3 rings (SSSR count). The van der Waals surface area contributed by atoms with Crippen LogP contribution in [0.3, 0.4) is 0 Å². The number of hydrogen-bond donors (Lipinski definition) is 1. The Kier molecular flexibility index (Phi) is 3.93. The van der Waals surface area contributed by atoms with Crippen molar-refractivity contribution in [2.24, 2.45) is 0 Å². The lowest BCUT2D eigenvalue weighted by atomic mass is 9.84. The van der Waals surface area contributed by atoms with Gasteiger partial charge in [-0.25, -0.2) is 0 Å². The molecule has 1 atom stereocenters. The normalized spacial score (nSPS) is 32.8. The highest BCUT2D eigenvalue weighted by Crippen LogP contribution is 2.44. The molecule has 0 radical (unpaired) electrons. The van der Waals surface area contributed by atoms with E-state index in [4.69, 9.17) is 4.74 Å². The number of rotatable bonds is 5. The first-order chi connectivity index (χ1) is 8.76. The van der Waals surface area contributed by atoms with E-state index in [9.17, 15) is 0 Å². The smallest absolute Gasteiger partial charge is 0.0708 e. The Labute approximate surface area is 116 Å². The fourth-order valence-corrected chi connectivity index (χ4v) is 4.85. The minimum absolute atomic E-state index is 0.306. The van der Waals surface area contributed by atoms with Gasteiger partial charge in [-0.15, -0.1) is 0 Å². The van der Waals surface area contributed by atoms with Crippen molar-refractivity contribution in [2.45, 2.75) is 74.2 Å². The molecule has 2 saturated carbocycles. The third-order valence-electron chi connectivity index (χ3n) is 5.37. The molecule has 1 heterocycles. The van der Waals surface area contributed by atoms with Crippen LogP contribution < -0.4 is 5.32 Å².